The molecular formula is C58H97NO5. The number of aliphatic hydroxyl groups excluding tert-OH is 2. The van der Waals surface area contributed by atoms with Gasteiger partial charge in [-0.05, 0) is 70.6 Å². The van der Waals surface area contributed by atoms with Crippen LogP contribution in [0.25, 0.3) is 0 Å². The minimum atomic E-state index is -0.817. The number of carbonyl (C=O) groups is 2. The summed E-state index contributed by atoms with van der Waals surface area (Å²) in [6.07, 6.45) is 68.6. The minimum absolute atomic E-state index is 0.0147. The SMILES string of the molecule is CC\C=C/C=C/C=C/C=C\C=C\C=C\CCCC(CC(=O)NC(CO)C(O)CCCCCCCCCCCCCCCC)OC(=O)CCCCCCCC/C=C/C/C=C/C/C=C/CC. The molecule has 0 radical (unpaired) electrons. The number of hydrogen-bond donors (Lipinski definition) is 3. The highest BCUT2D eigenvalue weighted by molar-refractivity contribution is 5.77. The summed E-state index contributed by atoms with van der Waals surface area (Å²) in [5, 5.41) is 23.8. The molecule has 0 aromatic carbocycles. The van der Waals surface area contributed by atoms with Gasteiger partial charge in [-0.2, -0.15) is 0 Å². The lowest BCUT2D eigenvalue weighted by molar-refractivity contribution is -0.151. The van der Waals surface area contributed by atoms with Crippen LogP contribution in [0.1, 0.15) is 220 Å². The standard InChI is InChI=1S/C58H97NO5/c1-4-7-10-13-16-19-22-25-28-30-33-36-39-42-45-48-51-58(63)64-54(49-46-43-40-37-34-31-29-26-23-20-17-14-11-8-5-2)52-57(62)59-55(53-60)56(61)50-47-44-41-38-35-32-27-24-21-18-15-12-9-6-3/h7-8,10-11,14,16-17,19-20,23,25-26,28-29,31,34,37,40,54-56,60-61H,4-6,9,12-13,15,18,21-22,24,27,30,32-33,35-36,38-39,41-53H2,1-3H3,(H,59,62)/b10-7+,11-8-,17-14+,19-16+,23-20+,28-25+,29-26-,34-31+,40-37+. The lowest BCUT2D eigenvalue weighted by atomic mass is 10.0. The van der Waals surface area contributed by atoms with E-state index in [0.29, 0.717) is 19.3 Å². The molecule has 0 aliphatic rings. The summed E-state index contributed by atoms with van der Waals surface area (Å²) in [5.74, 6) is -0.572. The van der Waals surface area contributed by atoms with Gasteiger partial charge in [0.05, 0.1) is 25.2 Å². The van der Waals surface area contributed by atoms with E-state index in [2.05, 4.69) is 74.7 Å². The Morgan fingerprint density at radius 3 is 1.48 bits per heavy atom. The Kier molecular flexibility index (Phi) is 47.8. The fourth-order valence-corrected chi connectivity index (χ4v) is 7.36. The first-order valence-electron chi connectivity index (χ1n) is 26.2. The molecule has 0 bridgehead atoms. The molecule has 6 heteroatoms. The molecule has 0 saturated heterocycles. The normalized spacial score (nSPS) is 14.1. The van der Waals surface area contributed by atoms with E-state index in [0.717, 1.165) is 89.9 Å². The van der Waals surface area contributed by atoms with Gasteiger partial charge in [0.25, 0.3) is 0 Å². The molecule has 3 unspecified atom stereocenters. The van der Waals surface area contributed by atoms with E-state index in [1.165, 1.54) is 83.5 Å². The lowest BCUT2D eigenvalue weighted by Crippen LogP contribution is -2.46. The summed E-state index contributed by atoms with van der Waals surface area (Å²) in [6.45, 7) is 6.20. The average Bonchev–Trinajstić information content (AvgIpc) is 3.29. The van der Waals surface area contributed by atoms with Gasteiger partial charge in [0.2, 0.25) is 5.91 Å². The molecule has 0 heterocycles. The average molecular weight is 888 g/mol. The van der Waals surface area contributed by atoms with Crippen LogP contribution in [0.5, 0.6) is 0 Å². The number of aliphatic hydroxyl groups is 2. The van der Waals surface area contributed by atoms with Crippen molar-refractivity contribution in [3.05, 3.63) is 109 Å². The highest BCUT2D eigenvalue weighted by Crippen LogP contribution is 2.17. The summed E-state index contributed by atoms with van der Waals surface area (Å²) < 4.78 is 5.89. The van der Waals surface area contributed by atoms with Gasteiger partial charge >= 0.3 is 5.97 Å². The van der Waals surface area contributed by atoms with Gasteiger partial charge < -0.3 is 20.3 Å². The summed E-state index contributed by atoms with van der Waals surface area (Å²) in [4.78, 5) is 26.2. The highest BCUT2D eigenvalue weighted by atomic mass is 16.5. The van der Waals surface area contributed by atoms with Crippen LogP contribution in [0.15, 0.2) is 109 Å². The van der Waals surface area contributed by atoms with Gasteiger partial charge in [0.1, 0.15) is 6.10 Å². The molecule has 1 amide bonds. The number of esters is 1. The van der Waals surface area contributed by atoms with Crippen LogP contribution in [0.2, 0.25) is 0 Å². The first-order chi connectivity index (χ1) is 31.5. The van der Waals surface area contributed by atoms with Crippen molar-refractivity contribution in [1.82, 2.24) is 5.32 Å². The van der Waals surface area contributed by atoms with Gasteiger partial charge in [-0.25, -0.2) is 0 Å². The van der Waals surface area contributed by atoms with Gasteiger partial charge in [0, 0.05) is 6.42 Å². The summed E-state index contributed by atoms with van der Waals surface area (Å²) >= 11 is 0. The second kappa shape index (κ2) is 50.5. The fourth-order valence-electron chi connectivity index (χ4n) is 7.36. The number of nitrogens with one attached hydrogen (secondary N) is 1. The number of hydrogen-bond acceptors (Lipinski definition) is 5. The zero-order chi connectivity index (χ0) is 46.7. The summed E-state index contributed by atoms with van der Waals surface area (Å²) in [5.41, 5.74) is 0. The van der Waals surface area contributed by atoms with Crippen molar-refractivity contribution in [2.24, 2.45) is 0 Å². The topological polar surface area (TPSA) is 95.9 Å². The van der Waals surface area contributed by atoms with Gasteiger partial charge in [-0.3, -0.25) is 9.59 Å². The maximum Gasteiger partial charge on any atom is 0.306 e. The largest absolute Gasteiger partial charge is 0.462 e. The predicted molar refractivity (Wildman–Crippen MR) is 277 cm³/mol. The number of carbonyl (C=O) groups excluding carboxylic acids is 2. The van der Waals surface area contributed by atoms with Crippen LogP contribution in [-0.4, -0.2) is 46.9 Å². The Hall–Kier alpha value is -3.48. The molecule has 6 nitrogen and oxygen atoms in total. The van der Waals surface area contributed by atoms with Crippen LogP contribution in [0, 0.1) is 0 Å². The molecule has 3 atom stereocenters. The van der Waals surface area contributed by atoms with Crippen molar-refractivity contribution >= 4 is 11.9 Å². The van der Waals surface area contributed by atoms with Gasteiger partial charge in [-0.1, -0.05) is 246 Å². The molecule has 3 N–H and O–H groups in total. The Bertz CT molecular complexity index is 1320. The molecule has 0 aromatic heterocycles. The smallest absolute Gasteiger partial charge is 0.306 e. The highest BCUT2D eigenvalue weighted by Gasteiger charge is 2.24. The third-order valence-electron chi connectivity index (χ3n) is 11.3. The van der Waals surface area contributed by atoms with E-state index in [9.17, 15) is 19.8 Å². The molecule has 0 fully saturated rings. The van der Waals surface area contributed by atoms with E-state index in [4.69, 9.17) is 4.74 Å². The monoisotopic (exact) mass is 888 g/mol. The third-order valence-corrected chi connectivity index (χ3v) is 11.3. The van der Waals surface area contributed by atoms with Crippen LogP contribution in [-0.2, 0) is 14.3 Å². The second-order valence-electron chi connectivity index (χ2n) is 17.3. The van der Waals surface area contributed by atoms with E-state index < -0.39 is 18.2 Å². The quantitative estimate of drug-likeness (QED) is 0.0245. The van der Waals surface area contributed by atoms with Crippen molar-refractivity contribution in [3.8, 4) is 0 Å². The molecule has 0 rings (SSSR count). The lowest BCUT2D eigenvalue weighted by Gasteiger charge is -2.24. The van der Waals surface area contributed by atoms with Crippen LogP contribution < -0.4 is 5.32 Å². The zero-order valence-corrected chi connectivity index (χ0v) is 41.4. The van der Waals surface area contributed by atoms with Crippen molar-refractivity contribution < 1.29 is 24.5 Å². The van der Waals surface area contributed by atoms with E-state index >= 15 is 0 Å². The van der Waals surface area contributed by atoms with Crippen molar-refractivity contribution in [2.45, 2.75) is 238 Å². The molecule has 0 aliphatic carbocycles. The molecular weight excluding hydrogens is 791 g/mol. The Morgan fingerprint density at radius 2 is 0.938 bits per heavy atom. The molecule has 364 valence electrons. The maximum absolute atomic E-state index is 13.2. The van der Waals surface area contributed by atoms with E-state index in [-0.39, 0.29) is 24.9 Å². The minimum Gasteiger partial charge on any atom is -0.462 e. The Balaban J connectivity index is 4.75. The number of rotatable bonds is 45. The van der Waals surface area contributed by atoms with Crippen molar-refractivity contribution in [3.63, 3.8) is 0 Å². The van der Waals surface area contributed by atoms with Crippen LogP contribution in [0.3, 0.4) is 0 Å². The number of unbranched alkanes of at least 4 members (excludes halogenated alkanes) is 20. The molecule has 0 aliphatic heterocycles. The van der Waals surface area contributed by atoms with Gasteiger partial charge in [-0.15, -0.1) is 0 Å². The maximum atomic E-state index is 13.2. The fraction of sp³-hybridized carbons (Fsp3) is 0.655. The van der Waals surface area contributed by atoms with Crippen molar-refractivity contribution in [2.75, 3.05) is 6.61 Å². The van der Waals surface area contributed by atoms with E-state index in [1.54, 1.807) is 0 Å². The van der Waals surface area contributed by atoms with Crippen molar-refractivity contribution in [1.29, 1.82) is 0 Å². The molecule has 0 spiro atoms. The summed E-state index contributed by atoms with van der Waals surface area (Å²) in [7, 11) is 0. The van der Waals surface area contributed by atoms with E-state index in [1.807, 2.05) is 60.8 Å². The predicted octanol–water partition coefficient (Wildman–Crippen LogP) is 15.9. The van der Waals surface area contributed by atoms with Gasteiger partial charge in [0.15, 0.2) is 0 Å². The number of allylic oxidation sites excluding steroid dienone is 18. The first-order valence-corrected chi connectivity index (χ1v) is 26.2. The molecule has 0 aromatic rings. The number of ether oxygens (including phenoxy) is 1. The van der Waals surface area contributed by atoms with Crippen LogP contribution in [0.4, 0.5) is 0 Å². The molecule has 64 heavy (non-hydrogen) atoms. The number of amides is 1. The zero-order valence-electron chi connectivity index (χ0n) is 41.4. The third kappa shape index (κ3) is 45.1. The second-order valence-corrected chi connectivity index (χ2v) is 17.3. The molecule has 0 saturated carbocycles. The first kappa shape index (κ1) is 60.5. The summed E-state index contributed by atoms with van der Waals surface area (Å²) in [6, 6.07) is -0.736. The Morgan fingerprint density at radius 1 is 0.484 bits per heavy atom. The Labute approximate surface area is 394 Å². The van der Waals surface area contributed by atoms with Crippen LogP contribution >= 0.6 is 0 Å².